The van der Waals surface area contributed by atoms with Gasteiger partial charge in [-0.05, 0) is 48.4 Å². The van der Waals surface area contributed by atoms with E-state index in [2.05, 4.69) is 21.2 Å². The SMILES string of the molecule is O=C(Nc1ccc(Br)cc1)[C@H]1CC(=O)N(CCc2ccc(F)cc2)C1. The van der Waals surface area contributed by atoms with E-state index in [0.717, 1.165) is 10.0 Å². The summed E-state index contributed by atoms with van der Waals surface area (Å²) in [5, 5.41) is 2.85. The molecular weight excluding hydrogens is 387 g/mol. The molecule has 25 heavy (non-hydrogen) atoms. The number of anilines is 1. The van der Waals surface area contributed by atoms with Gasteiger partial charge in [0.1, 0.15) is 5.82 Å². The molecule has 4 nitrogen and oxygen atoms in total. The van der Waals surface area contributed by atoms with Gasteiger partial charge in [0.25, 0.3) is 0 Å². The lowest BCUT2D eigenvalue weighted by molar-refractivity contribution is -0.128. The lowest BCUT2D eigenvalue weighted by Gasteiger charge is -2.16. The number of likely N-dealkylation sites (tertiary alicyclic amines) is 1. The Bertz CT molecular complexity index is 762. The first-order valence-corrected chi connectivity index (χ1v) is 8.89. The zero-order valence-corrected chi connectivity index (χ0v) is 15.1. The van der Waals surface area contributed by atoms with Gasteiger partial charge in [-0.15, -0.1) is 0 Å². The number of carbonyl (C=O) groups excluding carboxylic acids is 2. The number of rotatable bonds is 5. The Morgan fingerprint density at radius 2 is 1.84 bits per heavy atom. The number of benzene rings is 2. The molecule has 2 aromatic carbocycles. The number of carbonyl (C=O) groups is 2. The van der Waals surface area contributed by atoms with Crippen LogP contribution in [0.25, 0.3) is 0 Å². The van der Waals surface area contributed by atoms with E-state index >= 15 is 0 Å². The van der Waals surface area contributed by atoms with E-state index in [1.54, 1.807) is 17.0 Å². The first kappa shape index (κ1) is 17.6. The van der Waals surface area contributed by atoms with Crippen LogP contribution in [0.15, 0.2) is 53.0 Å². The van der Waals surface area contributed by atoms with Gasteiger partial charge < -0.3 is 10.2 Å². The molecule has 1 aliphatic heterocycles. The second-order valence-corrected chi connectivity index (χ2v) is 7.03. The molecule has 0 aliphatic carbocycles. The van der Waals surface area contributed by atoms with Gasteiger partial charge in [-0.2, -0.15) is 0 Å². The standard InChI is InChI=1S/C19H18BrFN2O2/c20-15-3-7-17(8-4-15)22-19(25)14-11-18(24)23(12-14)10-9-13-1-5-16(21)6-2-13/h1-8,14H,9-12H2,(H,22,25)/t14-/m0/s1. The Labute approximate surface area is 154 Å². The Kier molecular flexibility index (Phi) is 5.48. The predicted octanol–water partition coefficient (Wildman–Crippen LogP) is 3.62. The molecule has 2 amide bonds. The molecule has 2 aromatic rings. The van der Waals surface area contributed by atoms with Crippen molar-refractivity contribution in [1.29, 1.82) is 0 Å². The fraction of sp³-hybridized carbons (Fsp3) is 0.263. The van der Waals surface area contributed by atoms with E-state index in [9.17, 15) is 14.0 Å². The van der Waals surface area contributed by atoms with Gasteiger partial charge in [-0.25, -0.2) is 4.39 Å². The molecule has 0 aromatic heterocycles. The molecule has 0 bridgehead atoms. The fourth-order valence-corrected chi connectivity index (χ4v) is 3.12. The van der Waals surface area contributed by atoms with Crippen LogP contribution in [0.1, 0.15) is 12.0 Å². The molecule has 1 aliphatic rings. The summed E-state index contributed by atoms with van der Waals surface area (Å²) in [5.74, 6) is -0.770. The van der Waals surface area contributed by atoms with Crippen LogP contribution in [0, 0.1) is 11.7 Å². The van der Waals surface area contributed by atoms with Crippen LogP contribution in [-0.4, -0.2) is 29.8 Å². The van der Waals surface area contributed by atoms with Gasteiger partial charge >= 0.3 is 0 Å². The monoisotopic (exact) mass is 404 g/mol. The van der Waals surface area contributed by atoms with Gasteiger partial charge in [0.2, 0.25) is 11.8 Å². The van der Waals surface area contributed by atoms with Gasteiger partial charge in [0, 0.05) is 29.7 Å². The van der Waals surface area contributed by atoms with Crippen molar-refractivity contribution in [3.05, 3.63) is 64.4 Å². The van der Waals surface area contributed by atoms with Crippen LogP contribution in [0.5, 0.6) is 0 Å². The molecule has 3 rings (SSSR count). The summed E-state index contributed by atoms with van der Waals surface area (Å²) in [7, 11) is 0. The van der Waals surface area contributed by atoms with Crippen LogP contribution in [0.3, 0.4) is 0 Å². The number of hydrogen-bond donors (Lipinski definition) is 1. The van der Waals surface area contributed by atoms with Crippen molar-refractivity contribution in [3.8, 4) is 0 Å². The quantitative estimate of drug-likeness (QED) is 0.826. The summed E-state index contributed by atoms with van der Waals surface area (Å²) in [5.41, 5.74) is 1.68. The molecule has 0 spiro atoms. The first-order chi connectivity index (χ1) is 12.0. The smallest absolute Gasteiger partial charge is 0.229 e. The van der Waals surface area contributed by atoms with E-state index < -0.39 is 0 Å². The van der Waals surface area contributed by atoms with Crippen molar-refractivity contribution in [2.45, 2.75) is 12.8 Å². The molecule has 0 saturated carbocycles. The summed E-state index contributed by atoms with van der Waals surface area (Å²) in [6.45, 7) is 0.953. The molecule has 130 valence electrons. The zero-order valence-electron chi connectivity index (χ0n) is 13.5. The summed E-state index contributed by atoms with van der Waals surface area (Å²) in [4.78, 5) is 26.2. The van der Waals surface area contributed by atoms with Crippen molar-refractivity contribution in [2.75, 3.05) is 18.4 Å². The predicted molar refractivity (Wildman–Crippen MR) is 97.6 cm³/mol. The molecule has 0 radical (unpaired) electrons. The van der Waals surface area contributed by atoms with Crippen LogP contribution in [0.2, 0.25) is 0 Å². The van der Waals surface area contributed by atoms with E-state index in [4.69, 9.17) is 0 Å². The van der Waals surface area contributed by atoms with Crippen molar-refractivity contribution in [3.63, 3.8) is 0 Å². The maximum absolute atomic E-state index is 12.9. The van der Waals surface area contributed by atoms with Gasteiger partial charge in [-0.1, -0.05) is 28.1 Å². The van der Waals surface area contributed by atoms with Crippen LogP contribution in [0.4, 0.5) is 10.1 Å². The lowest BCUT2D eigenvalue weighted by atomic mass is 10.1. The third-order valence-corrected chi connectivity index (χ3v) is 4.81. The normalized spacial score (nSPS) is 17.0. The number of nitrogens with zero attached hydrogens (tertiary/aromatic N) is 1. The largest absolute Gasteiger partial charge is 0.342 e. The lowest BCUT2D eigenvalue weighted by Crippen LogP contribution is -2.30. The van der Waals surface area contributed by atoms with Crippen LogP contribution >= 0.6 is 15.9 Å². The van der Waals surface area contributed by atoms with E-state index in [1.165, 1.54) is 12.1 Å². The van der Waals surface area contributed by atoms with Crippen LogP contribution < -0.4 is 5.32 Å². The molecule has 1 saturated heterocycles. The number of hydrogen-bond acceptors (Lipinski definition) is 2. The maximum atomic E-state index is 12.9. The van der Waals surface area contributed by atoms with Crippen molar-refractivity contribution in [2.24, 2.45) is 5.92 Å². The summed E-state index contributed by atoms with van der Waals surface area (Å²) < 4.78 is 13.9. The molecule has 1 N–H and O–H groups in total. The average Bonchev–Trinajstić information content (AvgIpc) is 2.97. The van der Waals surface area contributed by atoms with Crippen molar-refractivity contribution < 1.29 is 14.0 Å². The Hall–Kier alpha value is -2.21. The Morgan fingerprint density at radius 3 is 2.52 bits per heavy atom. The zero-order chi connectivity index (χ0) is 17.8. The van der Waals surface area contributed by atoms with Crippen LogP contribution in [-0.2, 0) is 16.0 Å². The highest BCUT2D eigenvalue weighted by atomic mass is 79.9. The highest BCUT2D eigenvalue weighted by Crippen LogP contribution is 2.21. The topological polar surface area (TPSA) is 49.4 Å². The molecular formula is C19H18BrFN2O2. The minimum absolute atomic E-state index is 0.0157. The maximum Gasteiger partial charge on any atom is 0.229 e. The average molecular weight is 405 g/mol. The minimum atomic E-state index is -0.343. The van der Waals surface area contributed by atoms with E-state index in [-0.39, 0.29) is 30.0 Å². The van der Waals surface area contributed by atoms with Crippen molar-refractivity contribution >= 4 is 33.4 Å². The van der Waals surface area contributed by atoms with Gasteiger partial charge in [-0.3, -0.25) is 9.59 Å². The number of amides is 2. The first-order valence-electron chi connectivity index (χ1n) is 8.10. The second kappa shape index (κ2) is 7.78. The molecule has 0 unspecified atom stereocenters. The summed E-state index contributed by atoms with van der Waals surface area (Å²) in [6.07, 6.45) is 0.874. The Balaban J connectivity index is 1.53. The molecule has 1 fully saturated rings. The third-order valence-electron chi connectivity index (χ3n) is 4.28. The molecule has 1 atom stereocenters. The van der Waals surface area contributed by atoms with Gasteiger partial charge in [0.05, 0.1) is 5.92 Å². The highest BCUT2D eigenvalue weighted by molar-refractivity contribution is 9.10. The van der Waals surface area contributed by atoms with E-state index in [0.29, 0.717) is 25.2 Å². The van der Waals surface area contributed by atoms with Crippen molar-refractivity contribution in [1.82, 2.24) is 4.90 Å². The second-order valence-electron chi connectivity index (χ2n) is 6.11. The van der Waals surface area contributed by atoms with Gasteiger partial charge in [0.15, 0.2) is 0 Å². The third kappa shape index (κ3) is 4.66. The summed E-state index contributed by atoms with van der Waals surface area (Å²) in [6, 6.07) is 13.6. The molecule has 1 heterocycles. The number of nitrogens with one attached hydrogen (secondary N) is 1. The summed E-state index contributed by atoms with van der Waals surface area (Å²) >= 11 is 3.35. The Morgan fingerprint density at radius 1 is 1.16 bits per heavy atom. The van der Waals surface area contributed by atoms with E-state index in [1.807, 2.05) is 24.3 Å². The highest BCUT2D eigenvalue weighted by Gasteiger charge is 2.33. The molecule has 6 heteroatoms. The number of halogens is 2. The minimum Gasteiger partial charge on any atom is -0.342 e. The fourth-order valence-electron chi connectivity index (χ4n) is 2.86.